The highest BCUT2D eigenvalue weighted by atomic mass is 15.0. The molecule has 0 unspecified atom stereocenters. The molecule has 0 rings (SSSR count). The Kier molecular flexibility index (Phi) is 10.1. The number of hydrogen-bond acceptors (Lipinski definition) is 1. The molecule has 0 amide bonds. The quantitative estimate of drug-likeness (QED) is 0.422. The molecule has 0 spiro atoms. The molecule has 0 saturated carbocycles. The molecule has 0 N–H and O–H groups in total. The van der Waals surface area contributed by atoms with Gasteiger partial charge in [-0.25, -0.2) is 0 Å². The fraction of sp³-hybridized carbons (Fsp3) is 0.692. The lowest BCUT2D eigenvalue weighted by atomic mass is 10.1. The van der Waals surface area contributed by atoms with Crippen LogP contribution in [0.3, 0.4) is 0 Å². The summed E-state index contributed by atoms with van der Waals surface area (Å²) in [5.41, 5.74) is 0. The predicted octanol–water partition coefficient (Wildman–Crippen LogP) is 3.63. The van der Waals surface area contributed by atoms with Crippen LogP contribution < -0.4 is 0 Å². The van der Waals surface area contributed by atoms with E-state index in [4.69, 9.17) is 0 Å². The van der Waals surface area contributed by atoms with E-state index in [2.05, 4.69) is 50.2 Å². The summed E-state index contributed by atoms with van der Waals surface area (Å²) in [4.78, 5) is 2.16. The Balaban J connectivity index is 3.22. The molecule has 0 aromatic rings. The molecular formula is C13H25N. The van der Waals surface area contributed by atoms with Gasteiger partial charge in [-0.3, -0.25) is 0 Å². The third-order valence-corrected chi connectivity index (χ3v) is 2.08. The zero-order valence-electron chi connectivity index (χ0n) is 10.00. The molecule has 0 aliphatic carbocycles. The minimum atomic E-state index is 1.03. The molecule has 14 heavy (non-hydrogen) atoms. The third kappa shape index (κ3) is 11.4. The molecular weight excluding hydrogens is 170 g/mol. The molecule has 0 radical (unpaired) electrons. The van der Waals surface area contributed by atoms with E-state index in [0.29, 0.717) is 0 Å². The van der Waals surface area contributed by atoms with Crippen molar-refractivity contribution in [2.24, 2.45) is 0 Å². The molecule has 0 fully saturated rings. The molecule has 0 aliphatic rings. The van der Waals surface area contributed by atoms with E-state index in [1.165, 1.54) is 32.1 Å². The van der Waals surface area contributed by atoms with E-state index < -0.39 is 0 Å². The maximum absolute atomic E-state index is 2.27. The molecule has 0 aliphatic heterocycles. The first-order valence-corrected chi connectivity index (χ1v) is 5.73. The monoisotopic (exact) mass is 195 g/mol. The van der Waals surface area contributed by atoms with Gasteiger partial charge in [0.15, 0.2) is 0 Å². The largest absolute Gasteiger partial charge is 0.306 e. The molecule has 82 valence electrons. The maximum atomic E-state index is 2.27. The Hall–Kier alpha value is -0.560. The van der Waals surface area contributed by atoms with Crippen LogP contribution in [-0.2, 0) is 0 Å². The zero-order valence-corrected chi connectivity index (χ0v) is 10.00. The van der Waals surface area contributed by atoms with Gasteiger partial charge in [-0.15, -0.1) is 0 Å². The van der Waals surface area contributed by atoms with Gasteiger partial charge in [0.05, 0.1) is 0 Å². The first kappa shape index (κ1) is 13.4. The lowest BCUT2D eigenvalue weighted by Crippen LogP contribution is -2.10. The van der Waals surface area contributed by atoms with Crippen molar-refractivity contribution in [2.75, 3.05) is 20.6 Å². The van der Waals surface area contributed by atoms with Crippen LogP contribution in [0.4, 0.5) is 0 Å². The van der Waals surface area contributed by atoms with E-state index in [0.717, 1.165) is 6.54 Å². The molecule has 0 saturated heterocycles. The van der Waals surface area contributed by atoms with E-state index in [9.17, 15) is 0 Å². The fourth-order valence-corrected chi connectivity index (χ4v) is 1.21. The van der Waals surface area contributed by atoms with Crippen LogP contribution >= 0.6 is 0 Å². The van der Waals surface area contributed by atoms with Crippen LogP contribution in [0.15, 0.2) is 24.3 Å². The second kappa shape index (κ2) is 10.5. The van der Waals surface area contributed by atoms with Crippen molar-refractivity contribution in [3.63, 3.8) is 0 Å². The molecule has 0 bridgehead atoms. The summed E-state index contributed by atoms with van der Waals surface area (Å²) >= 11 is 0. The number of unbranched alkanes of at least 4 members (excludes halogenated alkanes) is 4. The minimum absolute atomic E-state index is 1.03. The van der Waals surface area contributed by atoms with E-state index in [-0.39, 0.29) is 0 Å². The van der Waals surface area contributed by atoms with Gasteiger partial charge in [0, 0.05) is 6.54 Å². The average Bonchev–Trinajstić information content (AvgIpc) is 2.15. The van der Waals surface area contributed by atoms with Gasteiger partial charge in [0.1, 0.15) is 0 Å². The Bertz CT molecular complexity index is 157. The van der Waals surface area contributed by atoms with Gasteiger partial charge in [-0.1, -0.05) is 50.5 Å². The second-order valence-corrected chi connectivity index (χ2v) is 3.97. The van der Waals surface area contributed by atoms with Crippen molar-refractivity contribution < 1.29 is 0 Å². The first-order valence-electron chi connectivity index (χ1n) is 5.73. The lowest BCUT2D eigenvalue weighted by molar-refractivity contribution is 0.456. The van der Waals surface area contributed by atoms with Gasteiger partial charge in [-0.2, -0.15) is 0 Å². The maximum Gasteiger partial charge on any atom is 0.0160 e. The van der Waals surface area contributed by atoms with Crippen molar-refractivity contribution >= 4 is 0 Å². The first-order chi connectivity index (χ1) is 6.77. The molecule has 0 atom stereocenters. The van der Waals surface area contributed by atoms with E-state index >= 15 is 0 Å². The molecule has 1 nitrogen and oxygen atoms in total. The highest BCUT2D eigenvalue weighted by molar-refractivity contribution is 5.02. The van der Waals surface area contributed by atoms with Crippen LogP contribution in [0.1, 0.15) is 39.0 Å². The fourth-order valence-electron chi connectivity index (χ4n) is 1.21. The average molecular weight is 195 g/mol. The van der Waals surface area contributed by atoms with Gasteiger partial charge in [0.25, 0.3) is 0 Å². The van der Waals surface area contributed by atoms with E-state index in [1.54, 1.807) is 0 Å². The number of rotatable bonds is 8. The van der Waals surface area contributed by atoms with Gasteiger partial charge in [-0.05, 0) is 26.9 Å². The van der Waals surface area contributed by atoms with Crippen LogP contribution in [0.25, 0.3) is 0 Å². The van der Waals surface area contributed by atoms with Gasteiger partial charge < -0.3 is 4.90 Å². The zero-order chi connectivity index (χ0) is 10.6. The summed E-state index contributed by atoms with van der Waals surface area (Å²) in [5.74, 6) is 0. The van der Waals surface area contributed by atoms with Crippen molar-refractivity contribution in [1.82, 2.24) is 4.90 Å². The molecule has 0 aromatic carbocycles. The number of likely N-dealkylation sites (N-methyl/N-ethyl adjacent to an activating group) is 1. The lowest BCUT2D eigenvalue weighted by Gasteiger charge is -2.02. The Labute approximate surface area is 89.5 Å². The highest BCUT2D eigenvalue weighted by Crippen LogP contribution is 2.02. The van der Waals surface area contributed by atoms with Gasteiger partial charge >= 0.3 is 0 Å². The van der Waals surface area contributed by atoms with Crippen molar-refractivity contribution in [3.8, 4) is 0 Å². The Morgan fingerprint density at radius 3 is 2.29 bits per heavy atom. The number of hydrogen-bond donors (Lipinski definition) is 0. The number of nitrogens with zero attached hydrogens (tertiary/aromatic N) is 1. The van der Waals surface area contributed by atoms with E-state index in [1.807, 2.05) is 0 Å². The van der Waals surface area contributed by atoms with Gasteiger partial charge in [0.2, 0.25) is 0 Å². The standard InChI is InChI=1S/C13H25N/c1-4-5-6-7-8-9-10-11-12-13-14(2)3/h9-12H,4-8,13H2,1-3H3/b10-9+,12-11+. The third-order valence-electron chi connectivity index (χ3n) is 2.08. The van der Waals surface area contributed by atoms with Crippen molar-refractivity contribution in [1.29, 1.82) is 0 Å². The summed E-state index contributed by atoms with van der Waals surface area (Å²) in [6.45, 7) is 3.28. The molecule has 1 heteroatoms. The summed E-state index contributed by atoms with van der Waals surface area (Å²) in [7, 11) is 4.16. The Morgan fingerprint density at radius 2 is 1.64 bits per heavy atom. The summed E-state index contributed by atoms with van der Waals surface area (Å²) in [5, 5.41) is 0. The van der Waals surface area contributed by atoms with Crippen LogP contribution in [0.5, 0.6) is 0 Å². The van der Waals surface area contributed by atoms with Crippen LogP contribution in [-0.4, -0.2) is 25.5 Å². The summed E-state index contributed by atoms with van der Waals surface area (Å²) in [6.07, 6.45) is 15.4. The predicted molar refractivity (Wildman–Crippen MR) is 65.6 cm³/mol. The SMILES string of the molecule is CCCCCC/C=C/C=C/CN(C)C. The summed E-state index contributed by atoms with van der Waals surface area (Å²) < 4.78 is 0. The topological polar surface area (TPSA) is 3.24 Å². The van der Waals surface area contributed by atoms with Crippen LogP contribution in [0.2, 0.25) is 0 Å². The van der Waals surface area contributed by atoms with Crippen molar-refractivity contribution in [3.05, 3.63) is 24.3 Å². The molecule has 0 aromatic heterocycles. The smallest absolute Gasteiger partial charge is 0.0160 e. The van der Waals surface area contributed by atoms with Crippen molar-refractivity contribution in [2.45, 2.75) is 39.0 Å². The molecule has 0 heterocycles. The minimum Gasteiger partial charge on any atom is -0.306 e. The second-order valence-electron chi connectivity index (χ2n) is 3.97. The Morgan fingerprint density at radius 1 is 0.929 bits per heavy atom. The number of allylic oxidation sites excluding steroid dienone is 3. The highest BCUT2D eigenvalue weighted by Gasteiger charge is 1.83. The normalized spacial score (nSPS) is 12.3. The summed E-state index contributed by atoms with van der Waals surface area (Å²) in [6, 6.07) is 0. The van der Waals surface area contributed by atoms with Crippen LogP contribution in [0, 0.1) is 0 Å².